The van der Waals surface area contributed by atoms with Gasteiger partial charge in [0.25, 0.3) is 0 Å². The molecule has 2 heteroatoms. The predicted molar refractivity (Wildman–Crippen MR) is 149 cm³/mol. The third-order valence-electron chi connectivity index (χ3n) is 6.85. The Hall–Kier alpha value is -3.88. The Kier molecular flexibility index (Phi) is 4.36. The average Bonchev–Trinajstić information content (AvgIpc) is 3.22. The minimum Gasteiger partial charge on any atom is -0.309 e. The summed E-state index contributed by atoms with van der Waals surface area (Å²) in [6.45, 7) is 0. The first-order valence-corrected chi connectivity index (χ1v) is 12.3. The summed E-state index contributed by atoms with van der Waals surface area (Å²) in [4.78, 5) is 0. The van der Waals surface area contributed by atoms with Gasteiger partial charge in [-0.15, -0.1) is 0 Å². The van der Waals surface area contributed by atoms with Crippen molar-refractivity contribution in [2.75, 3.05) is 0 Å². The highest BCUT2D eigenvalue weighted by atomic mass is 79.9. The minimum atomic E-state index is 1.11. The van der Waals surface area contributed by atoms with E-state index in [0.717, 1.165) is 4.47 Å². The van der Waals surface area contributed by atoms with E-state index in [1.165, 1.54) is 60.2 Å². The highest BCUT2D eigenvalue weighted by molar-refractivity contribution is 9.10. The van der Waals surface area contributed by atoms with Gasteiger partial charge in [-0.3, -0.25) is 0 Å². The molecule has 0 aliphatic carbocycles. The Bertz CT molecular complexity index is 1880. The molecule has 0 N–H and O–H groups in total. The average molecular weight is 498 g/mol. The minimum absolute atomic E-state index is 1.11. The van der Waals surface area contributed by atoms with E-state index in [-0.39, 0.29) is 0 Å². The molecule has 7 aromatic rings. The van der Waals surface area contributed by atoms with Crippen molar-refractivity contribution in [2.24, 2.45) is 0 Å². The fraction of sp³-hybridized carbons (Fsp3) is 0. The fourth-order valence-electron chi connectivity index (χ4n) is 5.24. The summed E-state index contributed by atoms with van der Waals surface area (Å²) in [7, 11) is 0. The molecule has 0 amide bonds. The van der Waals surface area contributed by atoms with E-state index in [9.17, 15) is 0 Å². The van der Waals surface area contributed by atoms with E-state index in [4.69, 9.17) is 0 Å². The summed E-state index contributed by atoms with van der Waals surface area (Å²) in [6.07, 6.45) is 0. The van der Waals surface area contributed by atoms with Gasteiger partial charge in [-0.2, -0.15) is 0 Å². The molecule has 6 aromatic carbocycles. The Balaban J connectivity index is 1.57. The van der Waals surface area contributed by atoms with Gasteiger partial charge in [-0.05, 0) is 63.0 Å². The second kappa shape index (κ2) is 7.58. The molecular formula is C32H20BrN. The first kappa shape index (κ1) is 19.6. The number of aromatic nitrogens is 1. The topological polar surface area (TPSA) is 4.93 Å². The summed E-state index contributed by atoms with van der Waals surface area (Å²) >= 11 is 3.74. The van der Waals surface area contributed by atoms with Crippen molar-refractivity contribution in [1.29, 1.82) is 0 Å². The number of hydrogen-bond donors (Lipinski definition) is 0. The number of halogens is 1. The van der Waals surface area contributed by atoms with E-state index in [0.29, 0.717) is 0 Å². The number of hydrogen-bond acceptors (Lipinski definition) is 0. The zero-order valence-corrected chi connectivity index (χ0v) is 20.0. The number of para-hydroxylation sites is 1. The predicted octanol–water partition coefficient (Wildman–Crippen LogP) is 9.52. The molecule has 0 aliphatic rings. The first-order valence-electron chi connectivity index (χ1n) is 11.5. The molecule has 0 atom stereocenters. The molecular weight excluding hydrogens is 478 g/mol. The zero-order valence-electron chi connectivity index (χ0n) is 18.4. The van der Waals surface area contributed by atoms with Crippen molar-refractivity contribution in [3.05, 3.63) is 126 Å². The number of fused-ring (bicyclic) bond motifs is 6. The summed E-state index contributed by atoms with van der Waals surface area (Å²) in [5.74, 6) is 0. The third-order valence-corrected chi connectivity index (χ3v) is 7.54. The molecule has 7 rings (SSSR count). The van der Waals surface area contributed by atoms with E-state index >= 15 is 0 Å². The van der Waals surface area contributed by atoms with E-state index < -0.39 is 0 Å². The highest BCUT2D eigenvalue weighted by Crippen LogP contribution is 2.37. The molecule has 1 heterocycles. The van der Waals surface area contributed by atoms with Crippen molar-refractivity contribution in [1.82, 2.24) is 4.57 Å². The Morgan fingerprint density at radius 1 is 0.471 bits per heavy atom. The Morgan fingerprint density at radius 3 is 2.03 bits per heavy atom. The van der Waals surface area contributed by atoms with Crippen molar-refractivity contribution in [2.45, 2.75) is 0 Å². The summed E-state index contributed by atoms with van der Waals surface area (Å²) in [5, 5.41) is 7.64. The van der Waals surface area contributed by atoms with Gasteiger partial charge in [0.2, 0.25) is 0 Å². The van der Waals surface area contributed by atoms with Gasteiger partial charge < -0.3 is 4.57 Å². The van der Waals surface area contributed by atoms with Crippen molar-refractivity contribution in [3.8, 4) is 16.8 Å². The quantitative estimate of drug-likeness (QED) is 0.209. The molecule has 1 nitrogen and oxygen atoms in total. The smallest absolute Gasteiger partial charge is 0.0547 e. The van der Waals surface area contributed by atoms with Crippen LogP contribution in [0.3, 0.4) is 0 Å². The van der Waals surface area contributed by atoms with E-state index in [1.54, 1.807) is 0 Å². The fourth-order valence-corrected chi connectivity index (χ4v) is 5.75. The maximum atomic E-state index is 3.74. The second-order valence-electron chi connectivity index (χ2n) is 8.76. The van der Waals surface area contributed by atoms with Crippen LogP contribution >= 0.6 is 15.9 Å². The standard InChI is InChI=1S/C32H20BrN/c33-30-11-5-3-9-26(30)23-16-18-28-27-10-4-6-12-31(27)34(32(28)19-23)24-17-15-22-14-13-21-7-1-2-8-25(21)29(22)20-24/h1-20H. The van der Waals surface area contributed by atoms with Crippen LogP contribution in [-0.4, -0.2) is 4.57 Å². The van der Waals surface area contributed by atoms with Gasteiger partial charge in [-0.25, -0.2) is 0 Å². The molecule has 1 aromatic heterocycles. The van der Waals surface area contributed by atoms with Crippen LogP contribution in [0.25, 0.3) is 60.2 Å². The van der Waals surface area contributed by atoms with Crippen LogP contribution in [0.15, 0.2) is 126 Å². The van der Waals surface area contributed by atoms with Crippen molar-refractivity contribution >= 4 is 59.3 Å². The molecule has 0 radical (unpaired) electrons. The third kappa shape index (κ3) is 2.92. The van der Waals surface area contributed by atoms with Crippen LogP contribution in [-0.2, 0) is 0 Å². The van der Waals surface area contributed by atoms with Crippen LogP contribution in [0.5, 0.6) is 0 Å². The van der Waals surface area contributed by atoms with Gasteiger partial charge in [0.15, 0.2) is 0 Å². The number of benzene rings is 6. The van der Waals surface area contributed by atoms with Gasteiger partial charge >= 0.3 is 0 Å². The largest absolute Gasteiger partial charge is 0.309 e. The SMILES string of the molecule is Brc1ccccc1-c1ccc2c3ccccc3n(-c3ccc4ccc5ccccc5c4c3)c2c1. The molecule has 0 fully saturated rings. The van der Waals surface area contributed by atoms with Crippen molar-refractivity contribution in [3.63, 3.8) is 0 Å². The molecule has 0 spiro atoms. The first-order chi connectivity index (χ1) is 16.8. The van der Waals surface area contributed by atoms with Crippen LogP contribution in [0.4, 0.5) is 0 Å². The lowest BCUT2D eigenvalue weighted by molar-refractivity contribution is 1.19. The molecule has 0 aliphatic heterocycles. The summed E-state index contributed by atoms with van der Waals surface area (Å²) < 4.78 is 3.51. The normalized spacial score (nSPS) is 11.7. The van der Waals surface area contributed by atoms with Crippen molar-refractivity contribution < 1.29 is 0 Å². The second-order valence-corrected chi connectivity index (χ2v) is 9.61. The van der Waals surface area contributed by atoms with Gasteiger partial charge in [0.05, 0.1) is 11.0 Å². The highest BCUT2D eigenvalue weighted by Gasteiger charge is 2.14. The monoisotopic (exact) mass is 497 g/mol. The lowest BCUT2D eigenvalue weighted by Gasteiger charge is -2.12. The van der Waals surface area contributed by atoms with Crippen LogP contribution in [0.1, 0.15) is 0 Å². The van der Waals surface area contributed by atoms with E-state index in [1.807, 2.05) is 0 Å². The zero-order chi connectivity index (χ0) is 22.6. The van der Waals surface area contributed by atoms with Crippen LogP contribution < -0.4 is 0 Å². The molecule has 34 heavy (non-hydrogen) atoms. The van der Waals surface area contributed by atoms with Crippen LogP contribution in [0.2, 0.25) is 0 Å². The Labute approximate surface area is 206 Å². The maximum absolute atomic E-state index is 3.74. The molecule has 160 valence electrons. The van der Waals surface area contributed by atoms with Crippen LogP contribution in [0, 0.1) is 0 Å². The number of nitrogens with zero attached hydrogens (tertiary/aromatic N) is 1. The number of rotatable bonds is 2. The Morgan fingerprint density at radius 2 is 1.15 bits per heavy atom. The van der Waals surface area contributed by atoms with Gasteiger partial charge in [0, 0.05) is 20.9 Å². The van der Waals surface area contributed by atoms with E-state index in [2.05, 4.69) is 142 Å². The lowest BCUT2D eigenvalue weighted by atomic mass is 10.0. The molecule has 0 bridgehead atoms. The molecule has 0 saturated carbocycles. The van der Waals surface area contributed by atoms with Gasteiger partial charge in [0.1, 0.15) is 0 Å². The summed E-state index contributed by atoms with van der Waals surface area (Å²) in [5.41, 5.74) is 6.02. The van der Waals surface area contributed by atoms with Gasteiger partial charge in [-0.1, -0.05) is 107 Å². The maximum Gasteiger partial charge on any atom is 0.0547 e. The molecule has 0 saturated heterocycles. The summed E-state index contributed by atoms with van der Waals surface area (Å²) in [6, 6.07) is 43.8. The molecule has 0 unspecified atom stereocenters. The lowest BCUT2D eigenvalue weighted by Crippen LogP contribution is -1.94.